The first kappa shape index (κ1) is 16.6. The van der Waals surface area contributed by atoms with E-state index in [1.54, 1.807) is 4.90 Å². The normalized spacial score (nSPS) is 25.9. The Labute approximate surface area is 142 Å². The molecular weight excluding hydrogens is 308 g/mol. The minimum Gasteiger partial charge on any atom is -0.486 e. The Balaban J connectivity index is 1.53. The molecule has 0 bridgehead atoms. The maximum Gasteiger partial charge on any atom is 0.312 e. The summed E-state index contributed by atoms with van der Waals surface area (Å²) in [6, 6.07) is 7.62. The third-order valence-corrected chi connectivity index (χ3v) is 4.68. The number of carbonyl (C=O) groups excluding carboxylic acids is 2. The van der Waals surface area contributed by atoms with Crippen LogP contribution in [0.2, 0.25) is 0 Å². The van der Waals surface area contributed by atoms with Gasteiger partial charge in [0.05, 0.1) is 6.54 Å². The van der Waals surface area contributed by atoms with E-state index in [0.717, 1.165) is 19.3 Å². The highest BCUT2D eigenvalue weighted by Crippen LogP contribution is 2.30. The van der Waals surface area contributed by atoms with Crippen molar-refractivity contribution in [1.29, 1.82) is 0 Å². The van der Waals surface area contributed by atoms with Crippen molar-refractivity contribution in [2.45, 2.75) is 51.3 Å². The summed E-state index contributed by atoms with van der Waals surface area (Å²) in [4.78, 5) is 26.4. The van der Waals surface area contributed by atoms with E-state index in [2.05, 4.69) is 5.32 Å². The van der Waals surface area contributed by atoms with Crippen LogP contribution in [0.3, 0.4) is 0 Å². The molecule has 0 radical (unpaired) electrons. The Kier molecular flexibility index (Phi) is 4.92. The van der Waals surface area contributed by atoms with Crippen LogP contribution in [-0.2, 0) is 9.59 Å². The summed E-state index contributed by atoms with van der Waals surface area (Å²) in [5, 5.41) is 2.69. The number of amides is 2. The Bertz CT molecular complexity index is 609. The smallest absolute Gasteiger partial charge is 0.312 e. The number of carbonyl (C=O) groups is 2. The van der Waals surface area contributed by atoms with Gasteiger partial charge < -0.3 is 19.7 Å². The van der Waals surface area contributed by atoms with Crippen LogP contribution >= 0.6 is 0 Å². The van der Waals surface area contributed by atoms with E-state index in [-0.39, 0.29) is 24.7 Å². The van der Waals surface area contributed by atoms with Crippen molar-refractivity contribution in [1.82, 2.24) is 10.2 Å². The topological polar surface area (TPSA) is 67.9 Å². The van der Waals surface area contributed by atoms with Crippen LogP contribution in [0.1, 0.15) is 33.1 Å². The number of nitrogens with one attached hydrogen (secondary N) is 1. The minimum absolute atomic E-state index is 0.105. The fourth-order valence-corrected chi connectivity index (χ4v) is 3.38. The highest BCUT2D eigenvalue weighted by molar-refractivity contribution is 6.35. The molecule has 2 aliphatic heterocycles. The van der Waals surface area contributed by atoms with Gasteiger partial charge in [-0.1, -0.05) is 12.1 Å². The maximum absolute atomic E-state index is 12.4. The maximum atomic E-state index is 12.4. The molecule has 3 atom stereocenters. The van der Waals surface area contributed by atoms with Crippen LogP contribution in [0.4, 0.5) is 0 Å². The first-order chi connectivity index (χ1) is 11.6. The molecule has 6 nitrogen and oxygen atoms in total. The van der Waals surface area contributed by atoms with Crippen molar-refractivity contribution >= 4 is 11.8 Å². The fraction of sp³-hybridized carbons (Fsp3) is 0.556. The van der Waals surface area contributed by atoms with Gasteiger partial charge >= 0.3 is 11.8 Å². The van der Waals surface area contributed by atoms with Gasteiger partial charge in [-0.05, 0) is 45.2 Å². The largest absolute Gasteiger partial charge is 0.486 e. The first-order valence-electron chi connectivity index (χ1n) is 8.55. The molecule has 6 heteroatoms. The lowest BCUT2D eigenvalue weighted by Gasteiger charge is -2.38. The van der Waals surface area contributed by atoms with Gasteiger partial charge in [0.1, 0.15) is 12.7 Å². The van der Waals surface area contributed by atoms with Crippen molar-refractivity contribution in [2.24, 2.45) is 0 Å². The zero-order chi connectivity index (χ0) is 17.1. The SMILES string of the molecule is CC1CCCC(C)N1C(=O)C(=O)NCC1COc2ccccc2O1. The highest BCUT2D eigenvalue weighted by Gasteiger charge is 2.33. The molecule has 2 amide bonds. The second-order valence-corrected chi connectivity index (χ2v) is 6.55. The predicted molar refractivity (Wildman–Crippen MR) is 89.0 cm³/mol. The van der Waals surface area contributed by atoms with Crippen LogP contribution in [0, 0.1) is 0 Å². The molecule has 0 spiro atoms. The fourth-order valence-electron chi connectivity index (χ4n) is 3.38. The molecule has 0 aliphatic carbocycles. The van der Waals surface area contributed by atoms with Crippen molar-refractivity contribution in [3.8, 4) is 11.5 Å². The third kappa shape index (κ3) is 3.47. The van der Waals surface area contributed by atoms with Crippen LogP contribution < -0.4 is 14.8 Å². The molecule has 24 heavy (non-hydrogen) atoms. The number of hydrogen-bond acceptors (Lipinski definition) is 4. The summed E-state index contributed by atoms with van der Waals surface area (Å²) in [6.45, 7) is 4.59. The second-order valence-electron chi connectivity index (χ2n) is 6.55. The summed E-state index contributed by atoms with van der Waals surface area (Å²) in [7, 11) is 0. The molecule has 0 saturated carbocycles. The lowest BCUT2D eigenvalue weighted by Crippen LogP contribution is -2.54. The van der Waals surface area contributed by atoms with Gasteiger partial charge in [0.2, 0.25) is 0 Å². The standard InChI is InChI=1S/C18H24N2O4/c1-12-6-5-7-13(2)20(12)18(22)17(21)19-10-14-11-23-15-8-3-4-9-16(15)24-14/h3-4,8-9,12-14H,5-7,10-11H2,1-2H3,(H,19,21). The number of hydrogen-bond donors (Lipinski definition) is 1. The molecule has 130 valence electrons. The van der Waals surface area contributed by atoms with Gasteiger partial charge in [-0.2, -0.15) is 0 Å². The van der Waals surface area contributed by atoms with Crippen LogP contribution in [0.25, 0.3) is 0 Å². The number of ether oxygens (including phenoxy) is 2. The minimum atomic E-state index is -0.571. The molecule has 2 aliphatic rings. The van der Waals surface area contributed by atoms with Crippen LogP contribution in [0.5, 0.6) is 11.5 Å². The Hall–Kier alpha value is -2.24. The number of piperidine rings is 1. The quantitative estimate of drug-likeness (QED) is 0.838. The van der Waals surface area contributed by atoms with E-state index in [0.29, 0.717) is 18.1 Å². The summed E-state index contributed by atoms with van der Waals surface area (Å²) >= 11 is 0. The molecule has 3 rings (SSSR count). The van der Waals surface area contributed by atoms with E-state index < -0.39 is 11.8 Å². The van der Waals surface area contributed by atoms with Gasteiger partial charge in [-0.15, -0.1) is 0 Å². The molecule has 3 unspecified atom stereocenters. The summed E-state index contributed by atoms with van der Waals surface area (Å²) in [5.41, 5.74) is 0. The second kappa shape index (κ2) is 7.11. The molecule has 2 heterocycles. The summed E-state index contributed by atoms with van der Waals surface area (Å²) in [6.07, 6.45) is 2.69. The number of likely N-dealkylation sites (tertiary alicyclic amines) is 1. The van der Waals surface area contributed by atoms with Gasteiger partial charge in [-0.3, -0.25) is 9.59 Å². The lowest BCUT2D eigenvalue weighted by molar-refractivity contribution is -0.150. The number of rotatable bonds is 2. The molecule has 1 fully saturated rings. The summed E-state index contributed by atoms with van der Waals surface area (Å²) < 4.78 is 11.4. The number of nitrogens with zero attached hydrogens (tertiary/aromatic N) is 1. The zero-order valence-corrected chi connectivity index (χ0v) is 14.2. The monoisotopic (exact) mass is 332 g/mol. The third-order valence-electron chi connectivity index (χ3n) is 4.68. The molecule has 1 aromatic rings. The summed E-state index contributed by atoms with van der Waals surface area (Å²) in [5.74, 6) is 0.338. The highest BCUT2D eigenvalue weighted by atomic mass is 16.6. The van der Waals surface area contributed by atoms with Gasteiger partial charge in [0, 0.05) is 12.1 Å². The first-order valence-corrected chi connectivity index (χ1v) is 8.55. The molecule has 1 N–H and O–H groups in total. The Morgan fingerprint density at radius 1 is 1.17 bits per heavy atom. The number of benzene rings is 1. The van der Waals surface area contributed by atoms with Crippen LogP contribution in [0.15, 0.2) is 24.3 Å². The van der Waals surface area contributed by atoms with Crippen molar-refractivity contribution in [2.75, 3.05) is 13.2 Å². The van der Waals surface area contributed by atoms with Crippen molar-refractivity contribution < 1.29 is 19.1 Å². The Morgan fingerprint density at radius 3 is 2.54 bits per heavy atom. The van der Waals surface area contributed by atoms with E-state index in [4.69, 9.17) is 9.47 Å². The number of para-hydroxylation sites is 2. The van der Waals surface area contributed by atoms with Gasteiger partial charge in [0.15, 0.2) is 11.5 Å². The zero-order valence-electron chi connectivity index (χ0n) is 14.2. The van der Waals surface area contributed by atoms with E-state index in [1.165, 1.54) is 0 Å². The molecule has 0 aromatic heterocycles. The lowest BCUT2D eigenvalue weighted by atomic mass is 9.97. The van der Waals surface area contributed by atoms with E-state index in [1.807, 2.05) is 38.1 Å². The average molecular weight is 332 g/mol. The average Bonchev–Trinajstić information content (AvgIpc) is 2.59. The van der Waals surface area contributed by atoms with E-state index >= 15 is 0 Å². The van der Waals surface area contributed by atoms with Gasteiger partial charge in [0.25, 0.3) is 0 Å². The van der Waals surface area contributed by atoms with Crippen molar-refractivity contribution in [3.63, 3.8) is 0 Å². The predicted octanol–water partition coefficient (Wildman–Crippen LogP) is 1.73. The van der Waals surface area contributed by atoms with Gasteiger partial charge in [-0.25, -0.2) is 0 Å². The van der Waals surface area contributed by atoms with E-state index in [9.17, 15) is 9.59 Å². The van der Waals surface area contributed by atoms with Crippen molar-refractivity contribution in [3.05, 3.63) is 24.3 Å². The van der Waals surface area contributed by atoms with Crippen LogP contribution in [-0.4, -0.2) is 48.1 Å². The number of fused-ring (bicyclic) bond motifs is 1. The molecule has 1 saturated heterocycles. The Morgan fingerprint density at radius 2 is 1.83 bits per heavy atom. The molecular formula is C18H24N2O4. The molecule has 1 aromatic carbocycles.